The first-order chi connectivity index (χ1) is 29.9. The molecule has 10 rings (SSSR count). The SMILES string of the molecule is COc1c(N2CCC(CN3CC[C@H](OC4CCN(c5cc(-c6n[nH]c7ccc(OC8(C)CC8)cc67)ncn5)CC4)CC3(C)C)CC2)ccc2c1CN(C1CCC(=O)NC1=O)C2=O. The number of piperidine rings is 4. The predicted octanol–water partition coefficient (Wildman–Crippen LogP) is 5.87. The van der Waals surface area contributed by atoms with E-state index < -0.39 is 11.9 Å². The summed E-state index contributed by atoms with van der Waals surface area (Å²) in [5, 5.41) is 11.2. The number of methoxy groups -OCH3 is 1. The van der Waals surface area contributed by atoms with Crippen LogP contribution < -0.4 is 24.6 Å². The van der Waals surface area contributed by atoms with Crippen molar-refractivity contribution in [3.8, 4) is 22.9 Å². The van der Waals surface area contributed by atoms with Gasteiger partial charge >= 0.3 is 0 Å². The normalized spacial score (nSPS) is 24.4. The molecule has 1 saturated carbocycles. The Balaban J connectivity index is 0.699. The number of H-pyrrole nitrogens is 1. The molecule has 2 atom stereocenters. The number of hydrogen-bond donors (Lipinski definition) is 2. The highest BCUT2D eigenvalue weighted by molar-refractivity contribution is 6.06. The van der Waals surface area contributed by atoms with Gasteiger partial charge in [0.2, 0.25) is 11.8 Å². The van der Waals surface area contributed by atoms with Crippen LogP contribution >= 0.6 is 0 Å². The third-order valence-electron chi connectivity index (χ3n) is 14.5. The number of nitrogens with zero attached hydrogens (tertiary/aromatic N) is 7. The van der Waals surface area contributed by atoms with Gasteiger partial charge in [-0.1, -0.05) is 0 Å². The molecule has 5 aliphatic heterocycles. The minimum Gasteiger partial charge on any atom is -0.494 e. The van der Waals surface area contributed by atoms with E-state index in [1.807, 2.05) is 24.3 Å². The molecule has 15 heteroatoms. The number of carbonyl (C=O) groups is 3. The molecule has 62 heavy (non-hydrogen) atoms. The van der Waals surface area contributed by atoms with Gasteiger partial charge in [0.05, 0.1) is 42.8 Å². The number of fused-ring (bicyclic) bond motifs is 2. The molecule has 0 spiro atoms. The maximum absolute atomic E-state index is 13.4. The molecule has 1 unspecified atom stereocenters. The third kappa shape index (κ3) is 7.97. The number of rotatable bonds is 11. The summed E-state index contributed by atoms with van der Waals surface area (Å²) in [7, 11) is 1.66. The van der Waals surface area contributed by atoms with Gasteiger partial charge in [0, 0.05) is 73.8 Å². The van der Waals surface area contributed by atoms with E-state index in [4.69, 9.17) is 14.2 Å². The van der Waals surface area contributed by atoms with Crippen LogP contribution in [0.25, 0.3) is 22.3 Å². The number of nitrogens with one attached hydrogen (secondary N) is 2. The maximum atomic E-state index is 13.4. The maximum Gasteiger partial charge on any atom is 0.255 e. The molecule has 2 aromatic carbocycles. The molecule has 4 aromatic rings. The van der Waals surface area contributed by atoms with E-state index in [9.17, 15) is 14.4 Å². The zero-order valence-electron chi connectivity index (χ0n) is 36.5. The molecule has 4 saturated heterocycles. The van der Waals surface area contributed by atoms with E-state index in [-0.39, 0.29) is 41.6 Å². The van der Waals surface area contributed by atoms with E-state index in [0.29, 0.717) is 30.2 Å². The number of aromatic amines is 1. The van der Waals surface area contributed by atoms with Crippen LogP contribution in [-0.4, -0.2) is 123 Å². The molecule has 2 aromatic heterocycles. The van der Waals surface area contributed by atoms with Crippen LogP contribution in [-0.2, 0) is 20.9 Å². The molecule has 0 bridgehead atoms. The Morgan fingerprint density at radius 3 is 2.37 bits per heavy atom. The molecule has 6 aliphatic rings. The van der Waals surface area contributed by atoms with Gasteiger partial charge in [0.1, 0.15) is 41.0 Å². The summed E-state index contributed by atoms with van der Waals surface area (Å²) in [5.74, 6) is 2.21. The van der Waals surface area contributed by atoms with E-state index in [1.54, 1.807) is 18.3 Å². The van der Waals surface area contributed by atoms with Crippen molar-refractivity contribution >= 4 is 40.1 Å². The predicted molar refractivity (Wildman–Crippen MR) is 234 cm³/mol. The number of ether oxygens (including phenoxy) is 3. The van der Waals surface area contributed by atoms with Gasteiger partial charge in [-0.15, -0.1) is 0 Å². The zero-order chi connectivity index (χ0) is 42.8. The van der Waals surface area contributed by atoms with Gasteiger partial charge in [-0.3, -0.25) is 29.7 Å². The Labute approximate surface area is 362 Å². The first-order valence-electron chi connectivity index (χ1n) is 22.7. The summed E-state index contributed by atoms with van der Waals surface area (Å²) in [6.07, 6.45) is 11.0. The summed E-state index contributed by atoms with van der Waals surface area (Å²) in [5.41, 5.74) is 4.96. The highest BCUT2D eigenvalue weighted by Gasteiger charge is 2.43. The minimum atomic E-state index is -0.650. The van der Waals surface area contributed by atoms with Crippen molar-refractivity contribution in [3.63, 3.8) is 0 Å². The number of anilines is 2. The Hall–Kier alpha value is -5.28. The first kappa shape index (κ1) is 40.8. The van der Waals surface area contributed by atoms with Crippen molar-refractivity contribution in [2.75, 3.05) is 56.2 Å². The Kier molecular flexibility index (Phi) is 10.6. The van der Waals surface area contributed by atoms with Crippen molar-refractivity contribution < 1.29 is 28.6 Å². The number of benzene rings is 2. The van der Waals surface area contributed by atoms with Gasteiger partial charge in [0.15, 0.2) is 0 Å². The fraction of sp³-hybridized carbons (Fsp3) is 0.574. The van der Waals surface area contributed by atoms with Crippen LogP contribution in [0.5, 0.6) is 11.5 Å². The van der Waals surface area contributed by atoms with Gasteiger partial charge < -0.3 is 28.9 Å². The van der Waals surface area contributed by atoms with Gasteiger partial charge in [-0.25, -0.2) is 9.97 Å². The lowest BCUT2D eigenvalue weighted by Gasteiger charge is -2.48. The van der Waals surface area contributed by atoms with Crippen LogP contribution in [0.4, 0.5) is 11.5 Å². The van der Waals surface area contributed by atoms with Crippen LogP contribution in [0.1, 0.15) is 101 Å². The largest absolute Gasteiger partial charge is 0.494 e. The third-order valence-corrected chi connectivity index (χ3v) is 14.5. The van der Waals surface area contributed by atoms with Crippen molar-refractivity contribution in [1.29, 1.82) is 0 Å². The Morgan fingerprint density at radius 2 is 1.63 bits per heavy atom. The second-order valence-electron chi connectivity index (χ2n) is 19.3. The molecular formula is C47H59N9O6. The van der Waals surface area contributed by atoms with Crippen LogP contribution in [0.2, 0.25) is 0 Å². The van der Waals surface area contributed by atoms with Crippen molar-refractivity contribution in [3.05, 3.63) is 53.9 Å². The lowest BCUT2D eigenvalue weighted by atomic mass is 9.85. The summed E-state index contributed by atoms with van der Waals surface area (Å²) < 4.78 is 19.1. The highest BCUT2D eigenvalue weighted by atomic mass is 16.5. The Morgan fingerprint density at radius 1 is 0.855 bits per heavy atom. The van der Waals surface area contributed by atoms with E-state index >= 15 is 0 Å². The second kappa shape index (κ2) is 16.1. The van der Waals surface area contributed by atoms with Crippen LogP contribution in [0.15, 0.2) is 42.7 Å². The van der Waals surface area contributed by atoms with Gasteiger partial charge in [-0.2, -0.15) is 5.10 Å². The summed E-state index contributed by atoms with van der Waals surface area (Å²) in [4.78, 5) is 56.1. The molecule has 0 radical (unpaired) electrons. The minimum absolute atomic E-state index is 0.0431. The van der Waals surface area contributed by atoms with Gasteiger partial charge in [0.25, 0.3) is 5.91 Å². The van der Waals surface area contributed by atoms with Crippen molar-refractivity contribution in [1.82, 2.24) is 35.3 Å². The molecule has 328 valence electrons. The fourth-order valence-electron chi connectivity index (χ4n) is 10.5. The summed E-state index contributed by atoms with van der Waals surface area (Å²) in [6, 6.07) is 11.4. The number of amides is 3. The zero-order valence-corrected chi connectivity index (χ0v) is 36.5. The van der Waals surface area contributed by atoms with E-state index in [1.165, 1.54) is 0 Å². The number of hydrogen-bond acceptors (Lipinski definition) is 12. The lowest BCUT2D eigenvalue weighted by Crippen LogP contribution is -2.54. The molecule has 3 amide bonds. The number of imide groups is 1. The van der Waals surface area contributed by atoms with Crippen molar-refractivity contribution in [2.24, 2.45) is 5.92 Å². The van der Waals surface area contributed by atoms with Crippen molar-refractivity contribution in [2.45, 2.75) is 121 Å². The molecule has 15 nitrogen and oxygen atoms in total. The topological polar surface area (TPSA) is 158 Å². The van der Waals surface area contributed by atoms with Crippen LogP contribution in [0, 0.1) is 5.92 Å². The monoisotopic (exact) mass is 845 g/mol. The summed E-state index contributed by atoms with van der Waals surface area (Å²) >= 11 is 0. The first-order valence-corrected chi connectivity index (χ1v) is 22.7. The van der Waals surface area contributed by atoms with Gasteiger partial charge in [-0.05, 0) is 115 Å². The molecule has 1 aliphatic carbocycles. The Bertz CT molecular complexity index is 2360. The van der Waals surface area contributed by atoms with Crippen LogP contribution in [0.3, 0.4) is 0 Å². The van der Waals surface area contributed by atoms with E-state index in [0.717, 1.165) is 136 Å². The molecule has 5 fully saturated rings. The smallest absolute Gasteiger partial charge is 0.255 e. The van der Waals surface area contributed by atoms with E-state index in [2.05, 4.69) is 73.1 Å². The highest BCUT2D eigenvalue weighted by Crippen LogP contribution is 2.43. The number of aromatic nitrogens is 4. The number of likely N-dealkylation sites (tertiary alicyclic amines) is 1. The standard InChI is InChI=1S/C47H59N9O6/c1-46(2)25-32(61-30-13-20-54(21-14-30)40-24-37(48-28-49-40)42-34-23-31(62-47(3)16-17-47)5-7-36(34)51-52-42)15-22-55(46)26-29-11-18-53(19-12-29)38-8-6-33-35(43(38)60-4)27-56(45(33)59)39-9-10-41(57)50-44(39)58/h5-8,23-24,28-30,32,39H,9-22,25-27H2,1-4H3,(H,51,52)(H,50,57,58)/t32-,39?/m0/s1. The quantitative estimate of drug-likeness (QED) is 0.174. The number of carbonyl (C=O) groups excluding carboxylic acids is 3. The average Bonchev–Trinajstić information content (AvgIpc) is 3.68. The molecular weight excluding hydrogens is 787 g/mol. The average molecular weight is 846 g/mol. The summed E-state index contributed by atoms with van der Waals surface area (Å²) in [6.45, 7) is 12.9. The second-order valence-corrected chi connectivity index (χ2v) is 19.3. The molecule has 2 N–H and O–H groups in total. The molecule has 7 heterocycles. The lowest BCUT2D eigenvalue weighted by molar-refractivity contribution is -0.136. The fourth-order valence-corrected chi connectivity index (χ4v) is 10.5.